The number of ether oxygens (including phenoxy) is 2. The fraction of sp³-hybridized carbons (Fsp3) is 0.333. The summed E-state index contributed by atoms with van der Waals surface area (Å²) in [6.45, 7) is 1.92. The van der Waals surface area contributed by atoms with Gasteiger partial charge in [0, 0.05) is 12.0 Å². The van der Waals surface area contributed by atoms with Crippen molar-refractivity contribution in [3.8, 4) is 11.5 Å². The van der Waals surface area contributed by atoms with Crippen LogP contribution in [0.4, 0.5) is 0 Å². The molecule has 1 N–H and O–H groups in total. The van der Waals surface area contributed by atoms with Crippen LogP contribution >= 0.6 is 23.2 Å². The Morgan fingerprint density at radius 1 is 0.870 bits per heavy atom. The van der Waals surface area contributed by atoms with Crippen molar-refractivity contribution in [1.82, 2.24) is 0 Å². The second kappa shape index (κ2) is 8.44. The van der Waals surface area contributed by atoms with E-state index in [-0.39, 0.29) is 0 Å². The first-order valence-corrected chi connectivity index (χ1v) is 8.25. The van der Waals surface area contributed by atoms with Crippen LogP contribution < -0.4 is 14.4 Å². The number of methoxy groups -OCH3 is 2. The highest BCUT2D eigenvalue weighted by molar-refractivity contribution is 6.42. The monoisotopic (exact) mass is 354 g/mol. The highest BCUT2D eigenvalue weighted by Gasteiger charge is 2.09. The molecule has 2 aromatic rings. The number of benzene rings is 2. The zero-order chi connectivity index (χ0) is 16.8. The lowest BCUT2D eigenvalue weighted by Crippen LogP contribution is -3.07. The first-order valence-electron chi connectivity index (χ1n) is 7.49. The van der Waals surface area contributed by atoms with Gasteiger partial charge in [-0.25, -0.2) is 0 Å². The van der Waals surface area contributed by atoms with Crippen molar-refractivity contribution in [2.75, 3.05) is 27.8 Å². The molecule has 0 aliphatic rings. The van der Waals surface area contributed by atoms with Crippen molar-refractivity contribution in [2.45, 2.75) is 13.0 Å². The summed E-state index contributed by atoms with van der Waals surface area (Å²) in [4.78, 5) is 1.40. The van der Waals surface area contributed by atoms with Crippen LogP contribution in [0.2, 0.25) is 10.0 Å². The van der Waals surface area contributed by atoms with Crippen LogP contribution in [-0.4, -0.2) is 27.8 Å². The third kappa shape index (κ3) is 5.03. The molecule has 23 heavy (non-hydrogen) atoms. The maximum absolute atomic E-state index is 6.07. The first kappa shape index (κ1) is 17.9. The highest BCUT2D eigenvalue weighted by Crippen LogP contribution is 2.27. The summed E-state index contributed by atoms with van der Waals surface area (Å²) < 4.78 is 10.6. The summed E-state index contributed by atoms with van der Waals surface area (Å²) in [5, 5.41) is 1.20. The molecule has 0 saturated heterocycles. The molecule has 0 spiro atoms. The molecule has 5 heteroatoms. The van der Waals surface area contributed by atoms with Gasteiger partial charge in [-0.1, -0.05) is 35.3 Å². The van der Waals surface area contributed by atoms with Crippen LogP contribution in [0.25, 0.3) is 0 Å². The van der Waals surface area contributed by atoms with Gasteiger partial charge in [0.25, 0.3) is 0 Å². The van der Waals surface area contributed by atoms with Crippen molar-refractivity contribution in [1.29, 1.82) is 0 Å². The number of rotatable bonds is 7. The fourth-order valence-corrected chi connectivity index (χ4v) is 2.80. The minimum absolute atomic E-state index is 0.596. The van der Waals surface area contributed by atoms with Gasteiger partial charge >= 0.3 is 0 Å². The second-order valence-corrected chi connectivity index (χ2v) is 6.39. The lowest BCUT2D eigenvalue weighted by atomic mass is 10.1. The largest absolute Gasteiger partial charge is 0.493 e. The third-order valence-corrected chi connectivity index (χ3v) is 4.52. The lowest BCUT2D eigenvalue weighted by molar-refractivity contribution is -0.893. The number of hydrogen-bond donors (Lipinski definition) is 1. The van der Waals surface area contributed by atoms with Crippen molar-refractivity contribution >= 4 is 23.2 Å². The molecule has 0 fully saturated rings. The van der Waals surface area contributed by atoms with Crippen molar-refractivity contribution in [3.63, 3.8) is 0 Å². The van der Waals surface area contributed by atoms with Crippen molar-refractivity contribution in [3.05, 3.63) is 57.6 Å². The molecule has 0 aromatic heterocycles. The van der Waals surface area contributed by atoms with E-state index in [1.54, 1.807) is 14.2 Å². The molecular formula is C18H22Cl2NO2+. The summed E-state index contributed by atoms with van der Waals surface area (Å²) in [5.41, 5.74) is 2.42. The average molecular weight is 355 g/mol. The molecule has 0 aliphatic carbocycles. The standard InChI is InChI=1S/C18H21Cl2NO2/c1-21(12-14-4-6-15(19)16(20)10-14)9-8-13-5-7-17(22-2)18(11-13)23-3/h4-7,10-11H,8-9,12H2,1-3H3/p+1. The van der Waals surface area contributed by atoms with E-state index in [0.717, 1.165) is 31.0 Å². The van der Waals surface area contributed by atoms with Gasteiger partial charge in [0.05, 0.1) is 37.9 Å². The third-order valence-electron chi connectivity index (χ3n) is 3.78. The number of likely N-dealkylation sites (N-methyl/N-ethyl adjacent to an activating group) is 1. The Kier molecular flexibility index (Phi) is 6.58. The van der Waals surface area contributed by atoms with Crippen LogP contribution in [0.1, 0.15) is 11.1 Å². The molecule has 0 aliphatic heterocycles. The zero-order valence-electron chi connectivity index (χ0n) is 13.7. The maximum atomic E-state index is 6.07. The highest BCUT2D eigenvalue weighted by atomic mass is 35.5. The Morgan fingerprint density at radius 3 is 2.22 bits per heavy atom. The number of halogens is 2. The molecule has 2 rings (SSSR count). The van der Waals surface area contributed by atoms with Gasteiger partial charge in [0.2, 0.25) is 0 Å². The van der Waals surface area contributed by atoms with Gasteiger partial charge in [-0.2, -0.15) is 0 Å². The zero-order valence-corrected chi connectivity index (χ0v) is 15.2. The Hall–Kier alpha value is -1.42. The summed E-state index contributed by atoms with van der Waals surface area (Å²) >= 11 is 12.0. The van der Waals surface area contributed by atoms with E-state index < -0.39 is 0 Å². The molecule has 0 saturated carbocycles. The maximum Gasteiger partial charge on any atom is 0.160 e. The predicted molar refractivity (Wildman–Crippen MR) is 95.2 cm³/mol. The molecular weight excluding hydrogens is 333 g/mol. The van der Waals surface area contributed by atoms with Gasteiger partial charge in [-0.3, -0.25) is 0 Å². The van der Waals surface area contributed by atoms with Crippen molar-refractivity contribution < 1.29 is 14.4 Å². The van der Waals surface area contributed by atoms with Crippen LogP contribution in [0, 0.1) is 0 Å². The Bertz CT molecular complexity index is 661. The molecule has 1 unspecified atom stereocenters. The quantitative estimate of drug-likeness (QED) is 0.824. The van der Waals surface area contributed by atoms with E-state index >= 15 is 0 Å². The Labute approximate surface area is 147 Å². The van der Waals surface area contributed by atoms with Gasteiger partial charge < -0.3 is 14.4 Å². The topological polar surface area (TPSA) is 22.9 Å². The first-order chi connectivity index (χ1) is 11.0. The van der Waals surface area contributed by atoms with Crippen molar-refractivity contribution in [2.24, 2.45) is 0 Å². The van der Waals surface area contributed by atoms with Gasteiger partial charge in [-0.05, 0) is 29.8 Å². The number of hydrogen-bond acceptors (Lipinski definition) is 2. The summed E-state index contributed by atoms with van der Waals surface area (Å²) in [6, 6.07) is 11.9. The van der Waals surface area contributed by atoms with Crippen LogP contribution in [-0.2, 0) is 13.0 Å². The SMILES string of the molecule is COc1ccc(CC[NH+](C)Cc2ccc(Cl)c(Cl)c2)cc1OC. The molecule has 124 valence electrons. The lowest BCUT2D eigenvalue weighted by Gasteiger charge is -2.15. The number of quaternary nitrogens is 1. The second-order valence-electron chi connectivity index (χ2n) is 5.57. The summed E-state index contributed by atoms with van der Waals surface area (Å²) in [7, 11) is 5.47. The molecule has 2 aromatic carbocycles. The minimum atomic E-state index is 0.596. The molecule has 0 amide bonds. The van der Waals surface area contributed by atoms with Gasteiger partial charge in [0.1, 0.15) is 6.54 Å². The molecule has 0 radical (unpaired) electrons. The van der Waals surface area contributed by atoms with E-state index in [1.165, 1.54) is 16.0 Å². The Balaban J connectivity index is 1.93. The number of nitrogens with one attached hydrogen (secondary N) is 1. The minimum Gasteiger partial charge on any atom is -0.493 e. The van der Waals surface area contributed by atoms with Crippen LogP contribution in [0.5, 0.6) is 11.5 Å². The molecule has 0 heterocycles. The predicted octanol–water partition coefficient (Wildman–Crippen LogP) is 3.27. The van der Waals surface area contributed by atoms with E-state index in [1.807, 2.05) is 30.3 Å². The molecule has 1 atom stereocenters. The van der Waals surface area contributed by atoms with Crippen LogP contribution in [0.3, 0.4) is 0 Å². The molecule has 0 bridgehead atoms. The van der Waals surface area contributed by atoms with E-state index in [0.29, 0.717) is 10.0 Å². The Morgan fingerprint density at radius 2 is 1.57 bits per heavy atom. The normalized spacial score (nSPS) is 12.0. The fourth-order valence-electron chi connectivity index (χ4n) is 2.48. The van der Waals surface area contributed by atoms with E-state index in [9.17, 15) is 0 Å². The van der Waals surface area contributed by atoms with E-state index in [2.05, 4.69) is 13.1 Å². The average Bonchev–Trinajstić information content (AvgIpc) is 2.56. The van der Waals surface area contributed by atoms with Gasteiger partial charge in [0.15, 0.2) is 11.5 Å². The summed E-state index contributed by atoms with van der Waals surface area (Å²) in [6.07, 6.45) is 0.966. The van der Waals surface area contributed by atoms with E-state index in [4.69, 9.17) is 32.7 Å². The summed E-state index contributed by atoms with van der Waals surface area (Å²) in [5.74, 6) is 1.53. The smallest absolute Gasteiger partial charge is 0.160 e. The molecule has 3 nitrogen and oxygen atoms in total. The van der Waals surface area contributed by atoms with Gasteiger partial charge in [-0.15, -0.1) is 0 Å². The van der Waals surface area contributed by atoms with Crippen LogP contribution in [0.15, 0.2) is 36.4 Å².